The van der Waals surface area contributed by atoms with Crippen molar-refractivity contribution in [3.05, 3.63) is 47.0 Å². The number of aryl methyl sites for hydroxylation is 1. The molecule has 0 fully saturated rings. The first-order valence-electron chi connectivity index (χ1n) is 6.06. The fourth-order valence-electron chi connectivity index (χ4n) is 1.83. The summed E-state index contributed by atoms with van der Waals surface area (Å²) in [6, 6.07) is 9.42. The van der Waals surface area contributed by atoms with Gasteiger partial charge in [0.05, 0.1) is 17.8 Å². The Bertz CT molecular complexity index is 776. The van der Waals surface area contributed by atoms with Gasteiger partial charge in [-0.3, -0.25) is 4.72 Å². The molecule has 0 aliphatic rings. The minimum atomic E-state index is -3.83. The van der Waals surface area contributed by atoms with E-state index < -0.39 is 10.0 Å². The van der Waals surface area contributed by atoms with E-state index in [1.54, 1.807) is 24.3 Å². The molecule has 112 valence electrons. The van der Waals surface area contributed by atoms with E-state index in [1.807, 2.05) is 6.92 Å². The number of hydrogen-bond acceptors (Lipinski definition) is 4. The quantitative estimate of drug-likeness (QED) is 0.846. The summed E-state index contributed by atoms with van der Waals surface area (Å²) in [5.41, 5.74) is 7.23. The maximum atomic E-state index is 12.4. The van der Waals surface area contributed by atoms with Gasteiger partial charge in [-0.25, -0.2) is 8.42 Å². The number of nitrogen functional groups attached to an aromatic ring is 1. The van der Waals surface area contributed by atoms with Gasteiger partial charge < -0.3 is 10.5 Å². The average molecular weight is 327 g/mol. The third-order valence-corrected chi connectivity index (χ3v) is 4.69. The van der Waals surface area contributed by atoms with Crippen molar-refractivity contribution in [2.45, 2.75) is 11.8 Å². The second-order valence-electron chi connectivity index (χ2n) is 4.50. The number of halogens is 1. The van der Waals surface area contributed by atoms with Gasteiger partial charge in [-0.2, -0.15) is 0 Å². The van der Waals surface area contributed by atoms with E-state index in [1.165, 1.54) is 19.2 Å². The third kappa shape index (κ3) is 3.40. The summed E-state index contributed by atoms with van der Waals surface area (Å²) in [7, 11) is -2.38. The van der Waals surface area contributed by atoms with Crippen molar-refractivity contribution in [2.75, 3.05) is 17.6 Å². The van der Waals surface area contributed by atoms with E-state index in [2.05, 4.69) is 4.72 Å². The molecule has 0 saturated heterocycles. The van der Waals surface area contributed by atoms with Crippen molar-refractivity contribution in [1.82, 2.24) is 0 Å². The number of hydrogen-bond donors (Lipinski definition) is 2. The second-order valence-corrected chi connectivity index (χ2v) is 6.56. The van der Waals surface area contributed by atoms with Crippen molar-refractivity contribution >= 4 is 33.0 Å². The zero-order chi connectivity index (χ0) is 15.6. The summed E-state index contributed by atoms with van der Waals surface area (Å²) in [5, 5.41) is 0.158. The molecule has 0 bridgehead atoms. The molecule has 0 unspecified atom stereocenters. The summed E-state index contributed by atoms with van der Waals surface area (Å²) < 4.78 is 32.4. The van der Waals surface area contributed by atoms with Gasteiger partial charge in [0.25, 0.3) is 10.0 Å². The van der Waals surface area contributed by atoms with Crippen molar-refractivity contribution in [1.29, 1.82) is 0 Å². The number of anilines is 2. The van der Waals surface area contributed by atoms with E-state index in [0.29, 0.717) is 11.4 Å². The first-order chi connectivity index (χ1) is 9.83. The largest absolute Gasteiger partial charge is 0.495 e. The lowest BCUT2D eigenvalue weighted by molar-refractivity contribution is 0.417. The monoisotopic (exact) mass is 326 g/mol. The third-order valence-electron chi connectivity index (χ3n) is 2.84. The molecule has 0 heterocycles. The Kier molecular flexibility index (Phi) is 4.29. The summed E-state index contributed by atoms with van der Waals surface area (Å²) in [6.07, 6.45) is 0. The first kappa shape index (κ1) is 15.5. The molecule has 0 atom stereocenters. The second kappa shape index (κ2) is 5.83. The van der Waals surface area contributed by atoms with E-state index in [0.717, 1.165) is 5.56 Å². The Labute approximate surface area is 128 Å². The van der Waals surface area contributed by atoms with Gasteiger partial charge in [0.15, 0.2) is 0 Å². The van der Waals surface area contributed by atoms with Crippen LogP contribution < -0.4 is 15.2 Å². The van der Waals surface area contributed by atoms with Crippen LogP contribution in [0.2, 0.25) is 5.02 Å². The van der Waals surface area contributed by atoms with Gasteiger partial charge in [-0.1, -0.05) is 17.7 Å². The van der Waals surface area contributed by atoms with Crippen LogP contribution in [0.4, 0.5) is 11.4 Å². The molecule has 2 aromatic carbocycles. The zero-order valence-corrected chi connectivity index (χ0v) is 13.1. The Balaban J connectivity index is 2.44. The van der Waals surface area contributed by atoms with E-state index >= 15 is 0 Å². The molecule has 0 amide bonds. The van der Waals surface area contributed by atoms with Crippen LogP contribution in [0, 0.1) is 6.92 Å². The molecule has 2 aromatic rings. The molecule has 0 saturated carbocycles. The van der Waals surface area contributed by atoms with Gasteiger partial charge in [0.1, 0.15) is 10.6 Å². The Morgan fingerprint density at radius 3 is 2.52 bits per heavy atom. The predicted molar refractivity (Wildman–Crippen MR) is 84.4 cm³/mol. The van der Waals surface area contributed by atoms with Crippen LogP contribution in [0.5, 0.6) is 5.75 Å². The fraction of sp³-hybridized carbons (Fsp3) is 0.143. The van der Waals surface area contributed by atoms with Crippen molar-refractivity contribution < 1.29 is 13.2 Å². The molecule has 2 rings (SSSR count). The highest BCUT2D eigenvalue weighted by Crippen LogP contribution is 2.30. The molecule has 0 aliphatic carbocycles. The van der Waals surface area contributed by atoms with Crippen LogP contribution in [0.15, 0.2) is 41.3 Å². The molecular formula is C14H15ClN2O3S. The van der Waals surface area contributed by atoms with Gasteiger partial charge >= 0.3 is 0 Å². The van der Waals surface area contributed by atoms with Crippen molar-refractivity contribution in [3.8, 4) is 5.75 Å². The van der Waals surface area contributed by atoms with Crippen LogP contribution >= 0.6 is 11.6 Å². The molecule has 21 heavy (non-hydrogen) atoms. The lowest BCUT2D eigenvalue weighted by atomic mass is 10.2. The number of ether oxygens (including phenoxy) is 1. The standard InChI is InChI=1S/C14H15ClN2O3S/c1-9-3-6-14(11(15)7-9)21(18,19)17-12-8-10(16)4-5-13(12)20-2/h3-8,17H,16H2,1-2H3. The highest BCUT2D eigenvalue weighted by Gasteiger charge is 2.19. The van der Waals surface area contributed by atoms with Crippen molar-refractivity contribution in [2.24, 2.45) is 0 Å². The lowest BCUT2D eigenvalue weighted by Crippen LogP contribution is -2.14. The number of benzene rings is 2. The molecule has 0 radical (unpaired) electrons. The van der Waals surface area contributed by atoms with Crippen LogP contribution in [-0.2, 0) is 10.0 Å². The Hall–Kier alpha value is -1.92. The number of methoxy groups -OCH3 is 1. The predicted octanol–water partition coefficient (Wildman–Crippen LogP) is 3.04. The highest BCUT2D eigenvalue weighted by atomic mass is 35.5. The summed E-state index contributed by atoms with van der Waals surface area (Å²) in [6.45, 7) is 1.83. The Morgan fingerprint density at radius 1 is 1.19 bits per heavy atom. The van der Waals surface area contributed by atoms with E-state index in [4.69, 9.17) is 22.1 Å². The normalized spacial score (nSPS) is 11.2. The number of nitrogens with one attached hydrogen (secondary N) is 1. The Morgan fingerprint density at radius 2 is 1.90 bits per heavy atom. The first-order valence-corrected chi connectivity index (χ1v) is 7.92. The topological polar surface area (TPSA) is 81.4 Å². The summed E-state index contributed by atoms with van der Waals surface area (Å²) >= 11 is 6.01. The number of nitrogens with two attached hydrogens (primary N) is 1. The fourth-order valence-corrected chi connectivity index (χ4v) is 3.49. The summed E-state index contributed by atoms with van der Waals surface area (Å²) in [5.74, 6) is 0.371. The zero-order valence-electron chi connectivity index (χ0n) is 11.6. The maximum absolute atomic E-state index is 12.4. The van der Waals surface area contributed by atoms with Crippen molar-refractivity contribution in [3.63, 3.8) is 0 Å². The molecule has 0 aliphatic heterocycles. The van der Waals surface area contributed by atoms with Crippen LogP contribution in [0.3, 0.4) is 0 Å². The maximum Gasteiger partial charge on any atom is 0.263 e. The van der Waals surface area contributed by atoms with Crippen LogP contribution in [0.25, 0.3) is 0 Å². The van der Waals surface area contributed by atoms with Gasteiger partial charge in [0.2, 0.25) is 0 Å². The van der Waals surface area contributed by atoms with Gasteiger partial charge in [-0.15, -0.1) is 0 Å². The molecular weight excluding hydrogens is 312 g/mol. The van der Waals surface area contributed by atoms with Crippen LogP contribution in [0.1, 0.15) is 5.56 Å². The molecule has 0 aromatic heterocycles. The molecule has 0 spiro atoms. The van der Waals surface area contributed by atoms with E-state index in [9.17, 15) is 8.42 Å². The lowest BCUT2D eigenvalue weighted by Gasteiger charge is -2.13. The molecule has 5 nitrogen and oxygen atoms in total. The van der Waals surface area contributed by atoms with E-state index in [-0.39, 0.29) is 15.6 Å². The average Bonchev–Trinajstić information content (AvgIpc) is 2.37. The molecule has 7 heteroatoms. The number of rotatable bonds is 4. The SMILES string of the molecule is COc1ccc(N)cc1NS(=O)(=O)c1ccc(C)cc1Cl. The highest BCUT2D eigenvalue weighted by molar-refractivity contribution is 7.92. The minimum absolute atomic E-state index is 0.000700. The smallest absolute Gasteiger partial charge is 0.263 e. The summed E-state index contributed by atoms with van der Waals surface area (Å²) in [4.78, 5) is -0.000700. The minimum Gasteiger partial charge on any atom is -0.495 e. The van der Waals surface area contributed by atoms with Gasteiger partial charge in [-0.05, 0) is 42.8 Å². The molecule has 3 N–H and O–H groups in total. The number of sulfonamides is 1. The van der Waals surface area contributed by atoms with Gasteiger partial charge in [0, 0.05) is 5.69 Å². The van der Waals surface area contributed by atoms with Crippen LogP contribution in [-0.4, -0.2) is 15.5 Å².